The first-order chi connectivity index (χ1) is 13.7. The molecule has 2 aromatic carbocycles. The first-order valence-electron chi connectivity index (χ1n) is 8.25. The molecule has 0 heterocycles. The summed E-state index contributed by atoms with van der Waals surface area (Å²) in [6, 6.07) is 5.79. The van der Waals surface area contributed by atoms with Crippen LogP contribution < -0.4 is 10.6 Å². The van der Waals surface area contributed by atoms with Crippen molar-refractivity contribution in [3.8, 4) is 0 Å². The lowest BCUT2D eigenvalue weighted by Crippen LogP contribution is -2.23. The summed E-state index contributed by atoms with van der Waals surface area (Å²) in [6.45, 7) is 1.15. The Labute approximate surface area is 175 Å². The number of rotatable bonds is 5. The number of amides is 2. The summed E-state index contributed by atoms with van der Waals surface area (Å²) in [5.74, 6) is -1.52. The zero-order valence-corrected chi connectivity index (χ0v) is 17.5. The molecule has 2 N–H and O–H groups in total. The number of nitrogens with zero attached hydrogens (tertiary/aromatic N) is 1. The van der Waals surface area contributed by atoms with E-state index in [0.29, 0.717) is 6.07 Å². The molecule has 0 saturated heterocycles. The Bertz CT molecular complexity index is 1100. The van der Waals surface area contributed by atoms with Crippen molar-refractivity contribution in [2.24, 2.45) is 0 Å². The molecule has 162 valence electrons. The molecule has 2 rings (SSSR count). The van der Waals surface area contributed by atoms with Gasteiger partial charge in [0.2, 0.25) is 15.9 Å². The van der Waals surface area contributed by atoms with Crippen molar-refractivity contribution in [2.45, 2.75) is 18.0 Å². The van der Waals surface area contributed by atoms with Gasteiger partial charge in [0.15, 0.2) is 0 Å². The van der Waals surface area contributed by atoms with Crippen LogP contribution in [0.5, 0.6) is 0 Å². The number of benzene rings is 2. The number of halogens is 4. The largest absolute Gasteiger partial charge is 0.416 e. The zero-order chi connectivity index (χ0) is 22.9. The summed E-state index contributed by atoms with van der Waals surface area (Å²) in [6.07, 6.45) is -4.69. The minimum Gasteiger partial charge on any atom is -0.325 e. The maximum absolute atomic E-state index is 13.1. The Hall–Kier alpha value is -2.63. The average molecular weight is 464 g/mol. The topological polar surface area (TPSA) is 95.6 Å². The summed E-state index contributed by atoms with van der Waals surface area (Å²) in [7, 11) is -1.29. The second-order valence-electron chi connectivity index (χ2n) is 6.32. The predicted molar refractivity (Wildman–Crippen MR) is 106 cm³/mol. The highest BCUT2D eigenvalue weighted by molar-refractivity contribution is 7.89. The number of sulfonamides is 1. The van der Waals surface area contributed by atoms with Gasteiger partial charge in [-0.25, -0.2) is 12.7 Å². The van der Waals surface area contributed by atoms with Gasteiger partial charge in [-0.05, 0) is 36.4 Å². The lowest BCUT2D eigenvalue weighted by atomic mass is 10.1. The third-order valence-corrected chi connectivity index (χ3v) is 6.01. The van der Waals surface area contributed by atoms with Gasteiger partial charge in [-0.2, -0.15) is 13.2 Å². The number of hydrogen-bond acceptors (Lipinski definition) is 4. The lowest BCUT2D eigenvalue weighted by Gasteiger charge is -2.16. The first-order valence-corrected chi connectivity index (χ1v) is 10.1. The Morgan fingerprint density at radius 3 is 2.17 bits per heavy atom. The molecule has 7 nitrogen and oxygen atoms in total. The third kappa shape index (κ3) is 5.29. The Morgan fingerprint density at radius 2 is 1.63 bits per heavy atom. The molecule has 0 fully saturated rings. The minimum atomic E-state index is -4.69. The van der Waals surface area contributed by atoms with Gasteiger partial charge in [0.25, 0.3) is 5.91 Å². The number of hydrogen-bond donors (Lipinski definition) is 2. The lowest BCUT2D eigenvalue weighted by molar-refractivity contribution is -0.137. The summed E-state index contributed by atoms with van der Waals surface area (Å²) in [5.41, 5.74) is -1.73. The van der Waals surface area contributed by atoms with Crippen LogP contribution in [0.25, 0.3) is 0 Å². The molecular formula is C18H17ClF3N3O4S. The molecule has 0 atom stereocenters. The van der Waals surface area contributed by atoms with Gasteiger partial charge >= 0.3 is 6.18 Å². The summed E-state index contributed by atoms with van der Waals surface area (Å²) in [4.78, 5) is 23.8. The van der Waals surface area contributed by atoms with E-state index in [1.807, 2.05) is 0 Å². The van der Waals surface area contributed by atoms with Crippen molar-refractivity contribution in [1.82, 2.24) is 4.31 Å². The van der Waals surface area contributed by atoms with Gasteiger partial charge in [-0.15, -0.1) is 0 Å². The zero-order valence-electron chi connectivity index (χ0n) is 16.0. The molecule has 0 saturated carbocycles. The first kappa shape index (κ1) is 23.6. The molecule has 0 radical (unpaired) electrons. The Morgan fingerprint density at radius 1 is 1.00 bits per heavy atom. The van der Waals surface area contributed by atoms with Crippen molar-refractivity contribution < 1.29 is 31.2 Å². The van der Waals surface area contributed by atoms with E-state index >= 15 is 0 Å². The van der Waals surface area contributed by atoms with Crippen molar-refractivity contribution in [3.63, 3.8) is 0 Å². The number of nitrogens with one attached hydrogen (secondary N) is 2. The molecule has 30 heavy (non-hydrogen) atoms. The van der Waals surface area contributed by atoms with E-state index in [1.165, 1.54) is 26.2 Å². The van der Waals surface area contributed by atoms with E-state index in [9.17, 15) is 31.2 Å². The van der Waals surface area contributed by atoms with E-state index in [2.05, 4.69) is 10.6 Å². The van der Waals surface area contributed by atoms with Crippen molar-refractivity contribution >= 4 is 44.8 Å². The fourth-order valence-electron chi connectivity index (χ4n) is 2.36. The van der Waals surface area contributed by atoms with E-state index in [1.54, 1.807) is 0 Å². The summed E-state index contributed by atoms with van der Waals surface area (Å²) < 4.78 is 64.7. The quantitative estimate of drug-likeness (QED) is 0.704. The van der Waals surface area contributed by atoms with Crippen LogP contribution >= 0.6 is 11.6 Å². The van der Waals surface area contributed by atoms with Gasteiger partial charge in [-0.3, -0.25) is 9.59 Å². The Balaban J connectivity index is 2.50. The average Bonchev–Trinajstić information content (AvgIpc) is 2.61. The van der Waals surface area contributed by atoms with Crippen LogP contribution in [0.15, 0.2) is 41.3 Å². The number of alkyl halides is 3. The van der Waals surface area contributed by atoms with Crippen LogP contribution in [0.3, 0.4) is 0 Å². The summed E-state index contributed by atoms with van der Waals surface area (Å²) in [5, 5.41) is 4.45. The van der Waals surface area contributed by atoms with Crippen LogP contribution in [0.2, 0.25) is 5.02 Å². The van der Waals surface area contributed by atoms with E-state index in [-0.39, 0.29) is 26.9 Å². The van der Waals surface area contributed by atoms with Gasteiger partial charge in [0.1, 0.15) is 0 Å². The maximum Gasteiger partial charge on any atom is 0.416 e. The second-order valence-corrected chi connectivity index (χ2v) is 8.88. The smallest absolute Gasteiger partial charge is 0.325 e. The van der Waals surface area contributed by atoms with Gasteiger partial charge in [0.05, 0.1) is 32.4 Å². The fourth-order valence-corrected chi connectivity index (χ4v) is 3.49. The van der Waals surface area contributed by atoms with Gasteiger partial charge in [0, 0.05) is 21.0 Å². The van der Waals surface area contributed by atoms with E-state index in [0.717, 1.165) is 29.4 Å². The normalized spacial score (nSPS) is 12.0. The second kappa shape index (κ2) is 8.62. The highest BCUT2D eigenvalue weighted by Crippen LogP contribution is 2.34. The molecule has 12 heteroatoms. The molecule has 0 bridgehead atoms. The van der Waals surface area contributed by atoms with Crippen LogP contribution in [-0.2, 0) is 21.0 Å². The van der Waals surface area contributed by atoms with Crippen molar-refractivity contribution in [2.75, 3.05) is 24.7 Å². The van der Waals surface area contributed by atoms with Crippen LogP contribution in [0.4, 0.5) is 24.5 Å². The fraction of sp³-hybridized carbons (Fsp3) is 0.222. The minimum absolute atomic E-state index is 0.0722. The molecule has 0 unspecified atom stereocenters. The van der Waals surface area contributed by atoms with Crippen molar-refractivity contribution in [3.05, 3.63) is 52.5 Å². The monoisotopic (exact) mass is 463 g/mol. The maximum atomic E-state index is 13.1. The SMILES string of the molecule is CC(=O)Nc1ccc(C(F)(F)F)cc1NC(=O)c1cc(S(=O)(=O)N(C)C)ccc1Cl. The molecule has 0 spiro atoms. The van der Waals surface area contributed by atoms with Crippen LogP contribution in [0.1, 0.15) is 22.8 Å². The third-order valence-electron chi connectivity index (χ3n) is 3.87. The predicted octanol–water partition coefficient (Wildman–Crippen LogP) is 3.82. The van der Waals surface area contributed by atoms with Crippen LogP contribution in [0, 0.1) is 0 Å². The molecule has 2 amide bonds. The molecule has 0 aliphatic heterocycles. The molecule has 2 aromatic rings. The number of carbonyl (C=O) groups excluding carboxylic acids is 2. The van der Waals surface area contributed by atoms with E-state index < -0.39 is 33.6 Å². The molecule has 0 aliphatic rings. The van der Waals surface area contributed by atoms with Crippen molar-refractivity contribution in [1.29, 1.82) is 0 Å². The highest BCUT2D eigenvalue weighted by atomic mass is 35.5. The standard InChI is InChI=1S/C18H17ClF3N3O4S/c1-10(26)23-15-7-4-11(18(20,21)22)8-16(15)24-17(27)13-9-12(5-6-14(13)19)30(28,29)25(2)3/h4-9H,1-3H3,(H,23,26)(H,24,27). The Kier molecular flexibility index (Phi) is 6.80. The molecular weight excluding hydrogens is 447 g/mol. The van der Waals surface area contributed by atoms with Crippen LogP contribution in [-0.4, -0.2) is 38.6 Å². The number of anilines is 2. The van der Waals surface area contributed by atoms with Gasteiger partial charge in [-0.1, -0.05) is 11.6 Å². The van der Waals surface area contributed by atoms with E-state index in [4.69, 9.17) is 11.6 Å². The molecule has 0 aromatic heterocycles. The number of carbonyl (C=O) groups is 2. The highest BCUT2D eigenvalue weighted by Gasteiger charge is 2.31. The summed E-state index contributed by atoms with van der Waals surface area (Å²) >= 11 is 6.00. The van der Waals surface area contributed by atoms with Gasteiger partial charge < -0.3 is 10.6 Å². The molecule has 0 aliphatic carbocycles.